The summed E-state index contributed by atoms with van der Waals surface area (Å²) in [6, 6.07) is 10.8. The molecule has 1 aromatic carbocycles. The predicted molar refractivity (Wildman–Crippen MR) is 76.5 cm³/mol. The Morgan fingerprint density at radius 2 is 2.00 bits per heavy atom. The van der Waals surface area contributed by atoms with Crippen molar-refractivity contribution in [3.05, 3.63) is 54.0 Å². The summed E-state index contributed by atoms with van der Waals surface area (Å²) in [5.74, 6) is -0.453. The largest absolute Gasteiger partial charge is 0.479 e. The van der Waals surface area contributed by atoms with Crippen molar-refractivity contribution >= 4 is 11.8 Å². The zero-order valence-electron chi connectivity index (χ0n) is 11.5. The van der Waals surface area contributed by atoms with Gasteiger partial charge in [0, 0.05) is 11.8 Å². The van der Waals surface area contributed by atoms with Crippen LogP contribution in [0.3, 0.4) is 0 Å². The van der Waals surface area contributed by atoms with Gasteiger partial charge >= 0.3 is 5.97 Å². The molecule has 2 N–H and O–H groups in total. The van der Waals surface area contributed by atoms with Gasteiger partial charge in [0.05, 0.1) is 0 Å². The van der Waals surface area contributed by atoms with E-state index in [-0.39, 0.29) is 0 Å². The quantitative estimate of drug-likeness (QED) is 0.873. The molecule has 104 valence electrons. The number of benzene rings is 1. The van der Waals surface area contributed by atoms with E-state index in [2.05, 4.69) is 15.3 Å². The first kappa shape index (κ1) is 14.0. The highest BCUT2D eigenvalue weighted by Gasteiger charge is 2.35. The Morgan fingerprint density at radius 1 is 1.30 bits per heavy atom. The maximum Gasteiger partial charge on any atom is 0.333 e. The van der Waals surface area contributed by atoms with Gasteiger partial charge in [-0.05, 0) is 18.9 Å². The molecule has 0 aliphatic carbocycles. The molecule has 0 spiro atoms. The zero-order valence-corrected chi connectivity index (χ0v) is 11.5. The van der Waals surface area contributed by atoms with E-state index < -0.39 is 11.5 Å². The lowest BCUT2D eigenvalue weighted by molar-refractivity contribution is -0.142. The van der Waals surface area contributed by atoms with Crippen molar-refractivity contribution in [1.82, 2.24) is 9.97 Å². The summed E-state index contributed by atoms with van der Waals surface area (Å²) in [4.78, 5) is 19.9. The van der Waals surface area contributed by atoms with Crippen molar-refractivity contribution in [2.75, 3.05) is 5.32 Å². The average molecular weight is 271 g/mol. The van der Waals surface area contributed by atoms with Crippen LogP contribution >= 0.6 is 0 Å². The van der Waals surface area contributed by atoms with E-state index >= 15 is 0 Å². The van der Waals surface area contributed by atoms with Gasteiger partial charge in [0.2, 0.25) is 0 Å². The van der Waals surface area contributed by atoms with Crippen LogP contribution in [0.15, 0.2) is 42.7 Å². The number of carbonyl (C=O) groups is 1. The molecular formula is C15H17N3O2. The molecule has 0 amide bonds. The summed E-state index contributed by atoms with van der Waals surface area (Å²) < 4.78 is 0. The van der Waals surface area contributed by atoms with Gasteiger partial charge < -0.3 is 10.4 Å². The minimum absolute atomic E-state index is 0.505. The van der Waals surface area contributed by atoms with Gasteiger partial charge in [-0.3, -0.25) is 0 Å². The van der Waals surface area contributed by atoms with Gasteiger partial charge in [0.15, 0.2) is 5.54 Å². The smallest absolute Gasteiger partial charge is 0.333 e. The maximum atomic E-state index is 11.7. The van der Waals surface area contributed by atoms with Crippen LogP contribution in [0.5, 0.6) is 0 Å². The second kappa shape index (κ2) is 5.69. The lowest BCUT2D eigenvalue weighted by atomic mass is 9.92. The van der Waals surface area contributed by atoms with E-state index in [4.69, 9.17) is 0 Å². The van der Waals surface area contributed by atoms with E-state index in [0.29, 0.717) is 11.4 Å². The normalized spacial score (nSPS) is 13.5. The molecule has 0 saturated heterocycles. The second-order valence-electron chi connectivity index (χ2n) is 4.67. The van der Waals surface area contributed by atoms with Crippen LogP contribution in [0.25, 0.3) is 0 Å². The highest BCUT2D eigenvalue weighted by Crippen LogP contribution is 2.25. The number of carboxylic acids is 1. The number of hydrogen-bond donors (Lipinski definition) is 2. The predicted octanol–water partition coefficient (Wildman–Crippen LogP) is 2.45. The minimum atomic E-state index is -1.24. The van der Waals surface area contributed by atoms with Crippen molar-refractivity contribution < 1.29 is 9.90 Å². The summed E-state index contributed by atoms with van der Waals surface area (Å²) in [6.07, 6.45) is 2.21. The number of nitrogens with one attached hydrogen (secondary N) is 1. The molecule has 2 rings (SSSR count). The molecule has 5 heteroatoms. The molecule has 5 nitrogen and oxygen atoms in total. The monoisotopic (exact) mass is 271 g/mol. The van der Waals surface area contributed by atoms with E-state index in [1.807, 2.05) is 25.1 Å². The second-order valence-corrected chi connectivity index (χ2v) is 4.67. The summed E-state index contributed by atoms with van der Waals surface area (Å²) in [6.45, 7) is 3.61. The Hall–Kier alpha value is -2.43. The van der Waals surface area contributed by atoms with Crippen LogP contribution < -0.4 is 5.32 Å². The molecule has 0 bridgehead atoms. The highest BCUT2D eigenvalue weighted by molar-refractivity contribution is 5.83. The van der Waals surface area contributed by atoms with Crippen LogP contribution in [0.1, 0.15) is 25.1 Å². The third-order valence-electron chi connectivity index (χ3n) is 3.24. The number of aryl methyl sites for hydroxylation is 1. The van der Waals surface area contributed by atoms with Crippen molar-refractivity contribution in [2.45, 2.75) is 25.8 Å². The Bertz CT molecular complexity index is 601. The molecule has 1 heterocycles. The summed E-state index contributed by atoms with van der Waals surface area (Å²) in [5, 5.41) is 12.6. The van der Waals surface area contributed by atoms with E-state index in [1.165, 1.54) is 6.33 Å². The first-order chi connectivity index (χ1) is 9.56. The van der Waals surface area contributed by atoms with Crippen LogP contribution in [-0.4, -0.2) is 21.0 Å². The Balaban J connectivity index is 2.37. The number of nitrogens with zero attached hydrogens (tertiary/aromatic N) is 2. The zero-order chi connectivity index (χ0) is 14.6. The molecule has 0 saturated carbocycles. The summed E-state index contributed by atoms with van der Waals surface area (Å²) in [5.41, 5.74) is 0.299. The number of aromatic nitrogens is 2. The highest BCUT2D eigenvalue weighted by atomic mass is 16.4. The fraction of sp³-hybridized carbons (Fsp3) is 0.267. The molecule has 1 aromatic heterocycles. The standard InChI is InChI=1S/C15H17N3O2/c1-3-12-9-13(17-10-16-12)18-15(2,14(19)20)11-7-5-4-6-8-11/h4-10H,3H2,1-2H3,(H,19,20)(H,16,17,18). The fourth-order valence-electron chi connectivity index (χ4n) is 1.94. The third-order valence-corrected chi connectivity index (χ3v) is 3.24. The van der Waals surface area contributed by atoms with E-state index in [9.17, 15) is 9.90 Å². The maximum absolute atomic E-state index is 11.7. The number of rotatable bonds is 5. The van der Waals surface area contributed by atoms with Crippen LogP contribution in [0.4, 0.5) is 5.82 Å². The number of hydrogen-bond acceptors (Lipinski definition) is 4. The number of anilines is 1. The van der Waals surface area contributed by atoms with Crippen molar-refractivity contribution in [3.8, 4) is 0 Å². The van der Waals surface area contributed by atoms with Crippen LogP contribution in [-0.2, 0) is 16.8 Å². The molecular weight excluding hydrogens is 254 g/mol. The molecule has 2 aromatic rings. The van der Waals surface area contributed by atoms with Crippen molar-refractivity contribution in [1.29, 1.82) is 0 Å². The van der Waals surface area contributed by atoms with Gasteiger partial charge in [-0.2, -0.15) is 0 Å². The van der Waals surface area contributed by atoms with Gasteiger partial charge in [0.1, 0.15) is 12.1 Å². The van der Waals surface area contributed by atoms with Crippen molar-refractivity contribution in [3.63, 3.8) is 0 Å². The Kier molecular flexibility index (Phi) is 3.98. The topological polar surface area (TPSA) is 75.1 Å². The lowest BCUT2D eigenvalue weighted by Crippen LogP contribution is -2.40. The van der Waals surface area contributed by atoms with Gasteiger partial charge in [0.25, 0.3) is 0 Å². The average Bonchev–Trinajstić information content (AvgIpc) is 2.48. The van der Waals surface area contributed by atoms with Crippen LogP contribution in [0.2, 0.25) is 0 Å². The molecule has 0 radical (unpaired) electrons. The molecule has 1 unspecified atom stereocenters. The lowest BCUT2D eigenvalue weighted by Gasteiger charge is -2.27. The number of aliphatic carboxylic acids is 1. The number of carboxylic acid groups (broad SMARTS) is 1. The van der Waals surface area contributed by atoms with E-state index in [0.717, 1.165) is 12.1 Å². The van der Waals surface area contributed by atoms with Crippen LogP contribution in [0, 0.1) is 0 Å². The first-order valence-corrected chi connectivity index (χ1v) is 6.44. The molecule has 0 aliphatic heterocycles. The Labute approximate surface area is 117 Å². The SMILES string of the molecule is CCc1cc(NC(C)(C(=O)O)c2ccccc2)ncn1. The fourth-order valence-corrected chi connectivity index (χ4v) is 1.94. The molecule has 1 atom stereocenters. The van der Waals surface area contributed by atoms with Gasteiger partial charge in [-0.15, -0.1) is 0 Å². The van der Waals surface area contributed by atoms with Gasteiger partial charge in [-0.25, -0.2) is 14.8 Å². The summed E-state index contributed by atoms with van der Waals surface area (Å²) >= 11 is 0. The van der Waals surface area contributed by atoms with E-state index in [1.54, 1.807) is 25.1 Å². The molecule has 0 fully saturated rings. The van der Waals surface area contributed by atoms with Gasteiger partial charge in [-0.1, -0.05) is 37.3 Å². The Morgan fingerprint density at radius 3 is 2.60 bits per heavy atom. The van der Waals surface area contributed by atoms with Crippen molar-refractivity contribution in [2.24, 2.45) is 0 Å². The molecule has 0 aliphatic rings. The third kappa shape index (κ3) is 2.77. The summed E-state index contributed by atoms with van der Waals surface area (Å²) in [7, 11) is 0. The molecule has 20 heavy (non-hydrogen) atoms. The minimum Gasteiger partial charge on any atom is -0.479 e. The first-order valence-electron chi connectivity index (χ1n) is 6.44.